The molecule has 0 spiro atoms. The van der Waals surface area contributed by atoms with Gasteiger partial charge >= 0.3 is 6.03 Å². The maximum absolute atomic E-state index is 14.0. The smallest absolute Gasteiger partial charge is 0.322 e. The third-order valence-electron chi connectivity index (χ3n) is 6.60. The third-order valence-corrected chi connectivity index (χ3v) is 7.13. The van der Waals surface area contributed by atoms with Crippen LogP contribution in [0.5, 0.6) is 5.75 Å². The van der Waals surface area contributed by atoms with Crippen LogP contribution in [0.25, 0.3) is 16.6 Å². The number of anilines is 1. The van der Waals surface area contributed by atoms with Gasteiger partial charge in [0.05, 0.1) is 29.2 Å². The number of nitrogens with zero attached hydrogens (tertiary/aromatic N) is 3. The number of carbonyl (C=O) groups is 1. The number of amides is 2. The topological polar surface area (TPSA) is 76.5 Å². The molecule has 1 unspecified atom stereocenters. The lowest BCUT2D eigenvalue weighted by atomic mass is 10.1. The number of carbonyl (C=O) groups excluding carboxylic acids is 1. The van der Waals surface area contributed by atoms with Gasteiger partial charge in [-0.25, -0.2) is 9.78 Å². The van der Waals surface area contributed by atoms with Crippen molar-refractivity contribution in [3.63, 3.8) is 0 Å². The van der Waals surface area contributed by atoms with E-state index in [0.717, 1.165) is 10.0 Å². The van der Waals surface area contributed by atoms with E-state index in [1.165, 1.54) is 0 Å². The Labute approximate surface area is 241 Å². The highest BCUT2D eigenvalue weighted by Crippen LogP contribution is 2.29. The molecular weight excluding hydrogens is 568 g/mol. The lowest BCUT2D eigenvalue weighted by Gasteiger charge is -2.31. The second kappa shape index (κ2) is 12.2. The second-order valence-corrected chi connectivity index (χ2v) is 10.2. The zero-order chi connectivity index (χ0) is 28.1. The fraction of sp³-hybridized carbons (Fsp3) is 0.156. The van der Waals surface area contributed by atoms with Gasteiger partial charge in [0.15, 0.2) is 0 Å². The maximum Gasteiger partial charge on any atom is 0.322 e. The quantitative estimate of drug-likeness (QED) is 0.203. The highest BCUT2D eigenvalue weighted by Gasteiger charge is 2.28. The van der Waals surface area contributed by atoms with Crippen molar-refractivity contribution in [3.05, 3.63) is 129 Å². The van der Waals surface area contributed by atoms with Crippen LogP contribution in [-0.4, -0.2) is 27.1 Å². The van der Waals surface area contributed by atoms with Crippen molar-refractivity contribution < 1.29 is 9.53 Å². The van der Waals surface area contributed by atoms with Crippen molar-refractivity contribution in [3.8, 4) is 11.4 Å². The summed E-state index contributed by atoms with van der Waals surface area (Å²) in [5.74, 6) is 0.990. The molecule has 0 fully saturated rings. The van der Waals surface area contributed by atoms with E-state index in [2.05, 4.69) is 21.2 Å². The number of urea groups is 1. The normalized spacial score (nSPS) is 11.7. The fourth-order valence-corrected chi connectivity index (χ4v) is 4.88. The summed E-state index contributed by atoms with van der Waals surface area (Å²) < 4.78 is 8.39. The monoisotopic (exact) mass is 596 g/mol. The van der Waals surface area contributed by atoms with Crippen LogP contribution in [0.4, 0.5) is 10.5 Å². The minimum absolute atomic E-state index is 0.229. The summed E-state index contributed by atoms with van der Waals surface area (Å²) in [4.78, 5) is 34.5. The van der Waals surface area contributed by atoms with Crippen LogP contribution in [0, 0.1) is 0 Å². The van der Waals surface area contributed by atoms with Crippen LogP contribution in [0.1, 0.15) is 31.3 Å². The summed E-state index contributed by atoms with van der Waals surface area (Å²) >= 11 is 3.44. The van der Waals surface area contributed by atoms with Crippen LogP contribution < -0.4 is 15.6 Å². The third kappa shape index (κ3) is 5.77. The highest BCUT2D eigenvalue weighted by atomic mass is 79.9. The Kier molecular flexibility index (Phi) is 8.26. The molecule has 0 bridgehead atoms. The standard InChI is InChI=1S/C32H29BrN4O3/c1-3-40-29-16-10-9-15-28(29)37-30(35-27-14-8-7-13-26(27)31(37)38)22(2)36(21-23-11-5-4-6-12-23)32(39)34-25-19-17-24(33)18-20-25/h4-20,22H,3,21H2,1-2H3,(H,34,39). The van der Waals surface area contributed by atoms with Gasteiger partial charge in [0.2, 0.25) is 0 Å². The summed E-state index contributed by atoms with van der Waals surface area (Å²) in [5, 5.41) is 3.49. The van der Waals surface area contributed by atoms with Crippen molar-refractivity contribution in [1.82, 2.24) is 14.5 Å². The first-order valence-electron chi connectivity index (χ1n) is 13.1. The molecule has 0 saturated carbocycles. The number of fused-ring (bicyclic) bond motifs is 1. The zero-order valence-electron chi connectivity index (χ0n) is 22.3. The molecule has 0 radical (unpaired) electrons. The molecule has 1 heterocycles. The van der Waals surface area contributed by atoms with E-state index < -0.39 is 6.04 Å². The first kappa shape index (κ1) is 27.1. The molecule has 4 aromatic carbocycles. The number of hydrogen-bond donors (Lipinski definition) is 1. The molecule has 2 amide bonds. The van der Waals surface area contributed by atoms with E-state index >= 15 is 0 Å². The molecule has 5 rings (SSSR count). The summed E-state index contributed by atoms with van der Waals surface area (Å²) in [6, 6.07) is 30.9. The van der Waals surface area contributed by atoms with Crippen LogP contribution >= 0.6 is 15.9 Å². The summed E-state index contributed by atoms with van der Waals surface area (Å²) in [6.07, 6.45) is 0. The molecular formula is C32H29BrN4O3. The number of halogens is 1. The lowest BCUT2D eigenvalue weighted by molar-refractivity contribution is 0.185. The first-order valence-corrected chi connectivity index (χ1v) is 13.9. The van der Waals surface area contributed by atoms with Crippen molar-refractivity contribution in [2.75, 3.05) is 11.9 Å². The molecule has 1 N–H and O–H groups in total. The van der Waals surface area contributed by atoms with E-state index in [1.54, 1.807) is 15.5 Å². The predicted molar refractivity (Wildman–Crippen MR) is 162 cm³/mol. The van der Waals surface area contributed by atoms with Crippen LogP contribution in [0.15, 0.2) is 112 Å². The van der Waals surface area contributed by atoms with Crippen molar-refractivity contribution in [1.29, 1.82) is 0 Å². The maximum atomic E-state index is 14.0. The largest absolute Gasteiger partial charge is 0.492 e. The minimum Gasteiger partial charge on any atom is -0.492 e. The number of benzene rings is 4. The summed E-state index contributed by atoms with van der Waals surface area (Å²) in [6.45, 7) is 4.53. The van der Waals surface area contributed by atoms with Gasteiger partial charge in [0, 0.05) is 16.7 Å². The number of rotatable bonds is 8. The Balaban J connectivity index is 1.66. The van der Waals surface area contributed by atoms with Gasteiger partial charge in [0.1, 0.15) is 11.6 Å². The van der Waals surface area contributed by atoms with E-state index in [0.29, 0.717) is 47.0 Å². The van der Waals surface area contributed by atoms with Gasteiger partial charge in [0.25, 0.3) is 5.56 Å². The van der Waals surface area contributed by atoms with Crippen LogP contribution in [-0.2, 0) is 6.54 Å². The molecule has 202 valence electrons. The van der Waals surface area contributed by atoms with Crippen molar-refractivity contribution in [2.45, 2.75) is 26.4 Å². The number of nitrogens with one attached hydrogen (secondary N) is 1. The average Bonchev–Trinajstić information content (AvgIpc) is 2.98. The van der Waals surface area contributed by atoms with Gasteiger partial charge in [-0.3, -0.25) is 9.36 Å². The number of hydrogen-bond acceptors (Lipinski definition) is 4. The van der Waals surface area contributed by atoms with E-state index in [4.69, 9.17) is 9.72 Å². The Morgan fingerprint density at radius 3 is 2.38 bits per heavy atom. The van der Waals surface area contributed by atoms with Gasteiger partial charge in [-0.15, -0.1) is 0 Å². The number of para-hydroxylation sites is 3. The Hall–Kier alpha value is -4.43. The molecule has 0 saturated heterocycles. The van der Waals surface area contributed by atoms with Gasteiger partial charge in [-0.2, -0.15) is 0 Å². The van der Waals surface area contributed by atoms with E-state index in [9.17, 15) is 9.59 Å². The molecule has 1 aromatic heterocycles. The zero-order valence-corrected chi connectivity index (χ0v) is 23.8. The molecule has 0 aliphatic rings. The van der Waals surface area contributed by atoms with Gasteiger partial charge in [-0.1, -0.05) is 70.5 Å². The highest BCUT2D eigenvalue weighted by molar-refractivity contribution is 9.10. The van der Waals surface area contributed by atoms with Crippen molar-refractivity contribution in [2.24, 2.45) is 0 Å². The SMILES string of the molecule is CCOc1ccccc1-n1c(C(C)N(Cc2ccccc2)C(=O)Nc2ccc(Br)cc2)nc2ccccc2c1=O. The molecule has 0 aliphatic carbocycles. The molecule has 5 aromatic rings. The van der Waals surface area contributed by atoms with Crippen LogP contribution in [0.2, 0.25) is 0 Å². The van der Waals surface area contributed by atoms with Crippen molar-refractivity contribution >= 4 is 38.6 Å². The average molecular weight is 598 g/mol. The Bertz CT molecular complexity index is 1690. The molecule has 1 atom stereocenters. The Morgan fingerprint density at radius 1 is 0.950 bits per heavy atom. The lowest BCUT2D eigenvalue weighted by Crippen LogP contribution is -2.39. The number of ether oxygens (including phenoxy) is 1. The van der Waals surface area contributed by atoms with Gasteiger partial charge in [-0.05, 0) is 67.9 Å². The van der Waals surface area contributed by atoms with Gasteiger partial charge < -0.3 is 15.0 Å². The molecule has 8 heteroatoms. The van der Waals surface area contributed by atoms with E-state index in [1.807, 2.05) is 111 Å². The minimum atomic E-state index is -0.595. The van der Waals surface area contributed by atoms with Crippen LogP contribution in [0.3, 0.4) is 0 Å². The molecule has 0 aliphatic heterocycles. The first-order chi connectivity index (χ1) is 19.5. The van der Waals surface area contributed by atoms with E-state index in [-0.39, 0.29) is 11.6 Å². The second-order valence-electron chi connectivity index (χ2n) is 9.25. The summed E-state index contributed by atoms with van der Waals surface area (Å²) in [7, 11) is 0. The predicted octanol–water partition coefficient (Wildman–Crippen LogP) is 7.34. The summed E-state index contributed by atoms with van der Waals surface area (Å²) in [5.41, 5.74) is 2.51. The molecule has 7 nitrogen and oxygen atoms in total. The molecule has 40 heavy (non-hydrogen) atoms. The Morgan fingerprint density at radius 2 is 1.62 bits per heavy atom. The number of aromatic nitrogens is 2. The fourth-order valence-electron chi connectivity index (χ4n) is 4.62.